The summed E-state index contributed by atoms with van der Waals surface area (Å²) in [5.41, 5.74) is -0.480. The second-order valence-electron chi connectivity index (χ2n) is 3.49. The largest absolute Gasteiger partial charge is 1.00 e. The molecule has 1 heterocycles. The van der Waals surface area contributed by atoms with Gasteiger partial charge in [0.2, 0.25) is 0 Å². The van der Waals surface area contributed by atoms with Gasteiger partial charge in [0.15, 0.2) is 17.3 Å². The van der Waals surface area contributed by atoms with E-state index in [1.807, 2.05) is 0 Å². The molecular weight excluding hydrogens is 269 g/mol. The standard InChI is InChI=1S/C10H10BFO6.Na/c1-2-16-6-3-5(12)8-9(7(6)10(13)14)18-11(15)4-17-8;/h3,15H,2,4H2,1H3,(H,13,14);/q;+1/p-1. The van der Waals surface area contributed by atoms with Crippen molar-refractivity contribution >= 4 is 13.1 Å². The number of ether oxygens (including phenoxy) is 2. The number of carboxylic acids is 1. The minimum atomic E-state index is -1.60. The Bertz CT molecular complexity index is 497. The van der Waals surface area contributed by atoms with Crippen LogP contribution in [0.15, 0.2) is 6.07 Å². The molecule has 0 aliphatic carbocycles. The van der Waals surface area contributed by atoms with Crippen molar-refractivity contribution in [2.24, 2.45) is 0 Å². The van der Waals surface area contributed by atoms with Crippen LogP contribution >= 0.6 is 0 Å². The maximum Gasteiger partial charge on any atom is 1.00 e. The Kier molecular flexibility index (Phi) is 5.48. The van der Waals surface area contributed by atoms with Crippen LogP contribution in [0, 0.1) is 5.82 Å². The van der Waals surface area contributed by atoms with Crippen LogP contribution in [0.3, 0.4) is 0 Å². The first-order chi connectivity index (χ1) is 8.54. The Morgan fingerprint density at radius 1 is 1.63 bits per heavy atom. The third kappa shape index (κ3) is 3.14. The maximum atomic E-state index is 13.6. The molecule has 0 amide bonds. The van der Waals surface area contributed by atoms with Gasteiger partial charge in [0.1, 0.15) is 12.3 Å². The van der Waals surface area contributed by atoms with Gasteiger partial charge in [-0.05, 0) is 6.92 Å². The van der Waals surface area contributed by atoms with E-state index >= 15 is 0 Å². The Morgan fingerprint density at radius 2 is 2.32 bits per heavy atom. The Labute approximate surface area is 130 Å². The molecule has 0 atom stereocenters. The van der Waals surface area contributed by atoms with Crippen LogP contribution < -0.4 is 48.8 Å². The minimum Gasteiger partial charge on any atom is -0.545 e. The van der Waals surface area contributed by atoms with Crippen molar-refractivity contribution in [2.45, 2.75) is 6.92 Å². The van der Waals surface area contributed by atoms with E-state index in [1.165, 1.54) is 0 Å². The van der Waals surface area contributed by atoms with Gasteiger partial charge in [-0.1, -0.05) is 0 Å². The van der Waals surface area contributed by atoms with Crippen LogP contribution in [0.25, 0.3) is 0 Å². The monoisotopic (exact) mass is 278 g/mol. The molecule has 1 N–H and O–H groups in total. The van der Waals surface area contributed by atoms with Gasteiger partial charge in [-0.3, -0.25) is 0 Å². The number of rotatable bonds is 3. The number of hydrogen-bond acceptors (Lipinski definition) is 6. The van der Waals surface area contributed by atoms with E-state index in [1.54, 1.807) is 6.92 Å². The molecule has 0 radical (unpaired) electrons. The summed E-state index contributed by atoms with van der Waals surface area (Å²) in [5, 5.41) is 20.3. The molecule has 1 aromatic rings. The smallest absolute Gasteiger partial charge is 0.545 e. The summed E-state index contributed by atoms with van der Waals surface area (Å²) in [7, 11) is -1.37. The summed E-state index contributed by atoms with van der Waals surface area (Å²) in [5.74, 6) is -3.45. The van der Waals surface area contributed by atoms with E-state index in [9.17, 15) is 19.3 Å². The number of hydrogen-bond donors (Lipinski definition) is 1. The Balaban J connectivity index is 0.00000180. The zero-order valence-corrected chi connectivity index (χ0v) is 12.4. The number of carbonyl (C=O) groups is 1. The molecule has 96 valence electrons. The minimum absolute atomic E-state index is 0. The number of fused-ring (bicyclic) bond motifs is 1. The van der Waals surface area contributed by atoms with Gasteiger partial charge in [0, 0.05) is 6.07 Å². The van der Waals surface area contributed by atoms with E-state index in [0.717, 1.165) is 6.07 Å². The van der Waals surface area contributed by atoms with Gasteiger partial charge in [-0.15, -0.1) is 0 Å². The quantitative estimate of drug-likeness (QED) is 0.574. The Morgan fingerprint density at radius 3 is 2.89 bits per heavy atom. The van der Waals surface area contributed by atoms with E-state index in [2.05, 4.69) is 0 Å². The summed E-state index contributed by atoms with van der Waals surface area (Å²) in [4.78, 5) is 11.1. The predicted octanol–water partition coefficient (Wildman–Crippen LogP) is -3.62. The molecule has 0 saturated heterocycles. The van der Waals surface area contributed by atoms with E-state index in [0.29, 0.717) is 0 Å². The summed E-state index contributed by atoms with van der Waals surface area (Å²) in [6.45, 7) is 1.47. The van der Waals surface area contributed by atoms with Crippen LogP contribution in [0.2, 0.25) is 0 Å². The fourth-order valence-electron chi connectivity index (χ4n) is 1.62. The van der Waals surface area contributed by atoms with Gasteiger partial charge in [-0.25, -0.2) is 4.39 Å². The van der Waals surface area contributed by atoms with Crippen molar-refractivity contribution in [3.8, 4) is 17.2 Å². The van der Waals surface area contributed by atoms with Crippen LogP contribution in [-0.4, -0.2) is 31.2 Å². The molecule has 0 bridgehead atoms. The van der Waals surface area contributed by atoms with Gasteiger partial charge in [0.05, 0.1) is 18.1 Å². The normalized spacial score (nSPS) is 12.7. The van der Waals surface area contributed by atoms with Gasteiger partial charge < -0.3 is 29.1 Å². The molecule has 2 rings (SSSR count). The first-order valence-electron chi connectivity index (χ1n) is 5.22. The van der Waals surface area contributed by atoms with E-state index in [4.69, 9.17) is 14.1 Å². The van der Waals surface area contributed by atoms with Crippen molar-refractivity contribution in [2.75, 3.05) is 13.1 Å². The van der Waals surface area contributed by atoms with Crippen LogP contribution in [0.1, 0.15) is 17.3 Å². The number of halogens is 1. The van der Waals surface area contributed by atoms with Crippen molar-refractivity contribution < 1.29 is 63.0 Å². The number of aromatic carboxylic acids is 1. The topological polar surface area (TPSA) is 88.1 Å². The molecule has 0 unspecified atom stereocenters. The summed E-state index contributed by atoms with van der Waals surface area (Å²) < 4.78 is 28.4. The van der Waals surface area contributed by atoms with Crippen molar-refractivity contribution in [1.29, 1.82) is 0 Å². The fourth-order valence-corrected chi connectivity index (χ4v) is 1.62. The molecule has 1 aliphatic heterocycles. The molecule has 1 aliphatic rings. The molecule has 19 heavy (non-hydrogen) atoms. The molecule has 0 spiro atoms. The fraction of sp³-hybridized carbons (Fsp3) is 0.300. The van der Waals surface area contributed by atoms with Crippen molar-refractivity contribution in [3.63, 3.8) is 0 Å². The molecule has 1 aromatic carbocycles. The molecule has 0 saturated carbocycles. The number of carbonyl (C=O) groups excluding carboxylic acids is 1. The van der Waals surface area contributed by atoms with E-state index in [-0.39, 0.29) is 54.2 Å². The molecule has 0 aromatic heterocycles. The first kappa shape index (κ1) is 16.1. The molecule has 9 heteroatoms. The second-order valence-corrected chi connectivity index (χ2v) is 3.49. The van der Waals surface area contributed by atoms with Crippen LogP contribution in [-0.2, 0) is 0 Å². The average molecular weight is 278 g/mol. The third-order valence-electron chi connectivity index (χ3n) is 2.28. The summed E-state index contributed by atoms with van der Waals surface area (Å²) in [6, 6.07) is 0.883. The first-order valence-corrected chi connectivity index (χ1v) is 5.22. The number of benzene rings is 1. The van der Waals surface area contributed by atoms with Crippen molar-refractivity contribution in [3.05, 3.63) is 17.4 Å². The summed E-state index contributed by atoms with van der Waals surface area (Å²) in [6.07, 6.45) is 0. The average Bonchev–Trinajstić information content (AvgIpc) is 2.28. The number of carboxylic acid groups (broad SMARTS) is 1. The molecule has 0 fully saturated rings. The second kappa shape index (κ2) is 6.47. The predicted molar refractivity (Wildman–Crippen MR) is 56.0 cm³/mol. The van der Waals surface area contributed by atoms with Crippen molar-refractivity contribution in [1.82, 2.24) is 0 Å². The molecular formula is C10H9BFNaO6. The third-order valence-corrected chi connectivity index (χ3v) is 2.28. The zero-order chi connectivity index (χ0) is 13.3. The SMILES string of the molecule is CCOc1cc(F)c2c(c1C(=O)[O-])OB(O)CO2.[Na+]. The summed E-state index contributed by atoms with van der Waals surface area (Å²) >= 11 is 0. The molecule has 6 nitrogen and oxygen atoms in total. The van der Waals surface area contributed by atoms with Gasteiger partial charge in [-0.2, -0.15) is 0 Å². The Hall–Kier alpha value is -0.955. The van der Waals surface area contributed by atoms with Crippen LogP contribution in [0.5, 0.6) is 17.2 Å². The van der Waals surface area contributed by atoms with Gasteiger partial charge in [0.25, 0.3) is 0 Å². The zero-order valence-electron chi connectivity index (χ0n) is 10.4. The van der Waals surface area contributed by atoms with Crippen LogP contribution in [0.4, 0.5) is 4.39 Å². The van der Waals surface area contributed by atoms with E-state index < -0.39 is 30.2 Å². The van der Waals surface area contributed by atoms with Gasteiger partial charge >= 0.3 is 36.7 Å². The maximum absolute atomic E-state index is 13.6.